The SMILES string of the molecule is Cc1csc(Nc2ncc(Br)cc2Sc2ccccc2Cl)n1. The van der Waals surface area contributed by atoms with E-state index in [2.05, 4.69) is 31.2 Å². The summed E-state index contributed by atoms with van der Waals surface area (Å²) in [5.74, 6) is 0.766. The molecule has 22 heavy (non-hydrogen) atoms. The first-order valence-electron chi connectivity index (χ1n) is 6.39. The fraction of sp³-hybridized carbons (Fsp3) is 0.0667. The number of anilines is 2. The van der Waals surface area contributed by atoms with Gasteiger partial charge in [0.2, 0.25) is 0 Å². The van der Waals surface area contributed by atoms with Gasteiger partial charge in [-0.15, -0.1) is 11.3 Å². The quantitative estimate of drug-likeness (QED) is 0.557. The molecule has 0 unspecified atom stereocenters. The summed E-state index contributed by atoms with van der Waals surface area (Å²) in [6, 6.07) is 9.78. The largest absolute Gasteiger partial charge is 0.315 e. The fourth-order valence-electron chi connectivity index (χ4n) is 1.75. The minimum Gasteiger partial charge on any atom is -0.315 e. The van der Waals surface area contributed by atoms with Gasteiger partial charge in [0.1, 0.15) is 5.82 Å². The zero-order chi connectivity index (χ0) is 15.5. The number of halogens is 2. The smallest absolute Gasteiger partial charge is 0.188 e. The van der Waals surface area contributed by atoms with Gasteiger partial charge in [-0.25, -0.2) is 9.97 Å². The Kier molecular flexibility index (Phi) is 5.03. The Morgan fingerprint density at radius 2 is 2.09 bits per heavy atom. The summed E-state index contributed by atoms with van der Waals surface area (Å²) >= 11 is 12.8. The van der Waals surface area contributed by atoms with Crippen LogP contribution >= 0.6 is 50.6 Å². The second-order valence-electron chi connectivity index (χ2n) is 4.45. The van der Waals surface area contributed by atoms with Crippen molar-refractivity contribution in [1.82, 2.24) is 9.97 Å². The summed E-state index contributed by atoms with van der Waals surface area (Å²) in [6.07, 6.45) is 1.76. The van der Waals surface area contributed by atoms with E-state index in [9.17, 15) is 0 Å². The minimum absolute atomic E-state index is 0.725. The normalized spacial score (nSPS) is 10.7. The lowest BCUT2D eigenvalue weighted by Crippen LogP contribution is -1.95. The average molecular weight is 413 g/mol. The van der Waals surface area contributed by atoms with E-state index < -0.39 is 0 Å². The lowest BCUT2D eigenvalue weighted by atomic mass is 10.4. The Morgan fingerprint density at radius 1 is 1.27 bits per heavy atom. The predicted octanol–water partition coefficient (Wildman–Crippen LogP) is 6.16. The number of nitrogens with zero attached hydrogens (tertiary/aromatic N) is 2. The molecule has 3 nitrogen and oxygen atoms in total. The fourth-order valence-corrected chi connectivity index (χ4v) is 4.11. The van der Waals surface area contributed by atoms with Crippen LogP contribution in [0.1, 0.15) is 5.69 Å². The molecule has 2 aromatic heterocycles. The van der Waals surface area contributed by atoms with E-state index in [1.807, 2.05) is 42.6 Å². The van der Waals surface area contributed by atoms with E-state index in [0.29, 0.717) is 0 Å². The van der Waals surface area contributed by atoms with Gasteiger partial charge < -0.3 is 5.32 Å². The van der Waals surface area contributed by atoms with E-state index in [0.717, 1.165) is 35.9 Å². The third-order valence-electron chi connectivity index (χ3n) is 2.72. The average Bonchev–Trinajstić information content (AvgIpc) is 2.90. The van der Waals surface area contributed by atoms with Crippen LogP contribution in [0.5, 0.6) is 0 Å². The molecule has 0 aliphatic heterocycles. The highest BCUT2D eigenvalue weighted by Gasteiger charge is 2.11. The molecular weight excluding hydrogens is 402 g/mol. The summed E-state index contributed by atoms with van der Waals surface area (Å²) < 4.78 is 0.919. The van der Waals surface area contributed by atoms with Crippen LogP contribution in [-0.2, 0) is 0 Å². The van der Waals surface area contributed by atoms with E-state index in [4.69, 9.17) is 11.6 Å². The second kappa shape index (κ2) is 7.00. The Balaban J connectivity index is 1.92. The first kappa shape index (κ1) is 15.8. The van der Waals surface area contributed by atoms with E-state index >= 15 is 0 Å². The number of benzene rings is 1. The molecule has 2 heterocycles. The summed E-state index contributed by atoms with van der Waals surface area (Å²) in [4.78, 5) is 10.8. The molecule has 0 fully saturated rings. The summed E-state index contributed by atoms with van der Waals surface area (Å²) in [5.41, 5.74) is 0.991. The van der Waals surface area contributed by atoms with Gasteiger partial charge >= 0.3 is 0 Å². The van der Waals surface area contributed by atoms with Crippen LogP contribution in [0.3, 0.4) is 0 Å². The number of nitrogens with one attached hydrogen (secondary N) is 1. The lowest BCUT2D eigenvalue weighted by molar-refractivity contribution is 1.19. The van der Waals surface area contributed by atoms with Crippen LogP contribution in [-0.4, -0.2) is 9.97 Å². The van der Waals surface area contributed by atoms with E-state index in [-0.39, 0.29) is 0 Å². The molecule has 0 radical (unpaired) electrons. The van der Waals surface area contributed by atoms with Crippen LogP contribution in [0.25, 0.3) is 0 Å². The van der Waals surface area contributed by atoms with Crippen LogP contribution in [0.4, 0.5) is 10.9 Å². The molecule has 3 aromatic rings. The van der Waals surface area contributed by atoms with Crippen molar-refractivity contribution in [3.05, 3.63) is 57.1 Å². The molecular formula is C15H11BrClN3S2. The predicted molar refractivity (Wildman–Crippen MR) is 97.6 cm³/mol. The molecule has 1 aromatic carbocycles. The number of pyridine rings is 1. The van der Waals surface area contributed by atoms with Crippen LogP contribution in [0.15, 0.2) is 56.2 Å². The molecule has 0 saturated carbocycles. The molecule has 0 atom stereocenters. The monoisotopic (exact) mass is 411 g/mol. The molecule has 0 aliphatic carbocycles. The van der Waals surface area contributed by atoms with Gasteiger partial charge in [-0.3, -0.25) is 0 Å². The van der Waals surface area contributed by atoms with Crippen molar-refractivity contribution in [2.24, 2.45) is 0 Å². The zero-order valence-corrected chi connectivity index (χ0v) is 15.5. The number of rotatable bonds is 4. The summed E-state index contributed by atoms with van der Waals surface area (Å²) in [6.45, 7) is 1.97. The first-order valence-corrected chi connectivity index (χ1v) is 9.25. The second-order valence-corrected chi connectivity index (χ2v) is 7.72. The number of hydrogen-bond acceptors (Lipinski definition) is 5. The molecule has 0 aliphatic rings. The highest BCUT2D eigenvalue weighted by Crippen LogP contribution is 2.38. The molecule has 0 spiro atoms. The summed E-state index contributed by atoms with van der Waals surface area (Å²) in [7, 11) is 0. The van der Waals surface area contributed by atoms with Gasteiger partial charge in [0.15, 0.2) is 5.13 Å². The molecule has 0 bridgehead atoms. The lowest BCUT2D eigenvalue weighted by Gasteiger charge is -2.10. The highest BCUT2D eigenvalue weighted by molar-refractivity contribution is 9.10. The van der Waals surface area contributed by atoms with E-state index in [1.165, 1.54) is 0 Å². The number of aryl methyl sites for hydroxylation is 1. The topological polar surface area (TPSA) is 37.8 Å². The highest BCUT2D eigenvalue weighted by atomic mass is 79.9. The molecule has 1 N–H and O–H groups in total. The third-order valence-corrected chi connectivity index (χ3v) is 5.58. The standard InChI is InChI=1S/C15H11BrClN3S2/c1-9-8-21-15(19-9)20-14-13(6-10(16)7-18-14)22-12-5-3-2-4-11(12)17/h2-8H,1H3,(H,18,19,20). The van der Waals surface area contributed by atoms with E-state index in [1.54, 1.807) is 29.3 Å². The van der Waals surface area contributed by atoms with Crippen molar-refractivity contribution >= 4 is 61.6 Å². The Labute approximate surface area is 150 Å². The molecule has 7 heteroatoms. The van der Waals surface area contributed by atoms with Crippen LogP contribution in [0.2, 0.25) is 5.02 Å². The van der Waals surface area contributed by atoms with Gasteiger partial charge in [-0.1, -0.05) is 35.5 Å². The van der Waals surface area contributed by atoms with Gasteiger partial charge in [0, 0.05) is 20.9 Å². The maximum Gasteiger partial charge on any atom is 0.188 e. The van der Waals surface area contributed by atoms with Crippen molar-refractivity contribution in [2.45, 2.75) is 16.7 Å². The van der Waals surface area contributed by atoms with Gasteiger partial charge in [0.05, 0.1) is 15.6 Å². The van der Waals surface area contributed by atoms with Gasteiger partial charge in [-0.05, 0) is 41.1 Å². The zero-order valence-electron chi connectivity index (χ0n) is 11.5. The van der Waals surface area contributed by atoms with Crippen molar-refractivity contribution in [3.8, 4) is 0 Å². The third kappa shape index (κ3) is 3.81. The number of aromatic nitrogens is 2. The molecule has 112 valence electrons. The summed E-state index contributed by atoms with van der Waals surface area (Å²) in [5, 5.41) is 6.83. The Morgan fingerprint density at radius 3 is 2.82 bits per heavy atom. The van der Waals surface area contributed by atoms with Gasteiger partial charge in [0.25, 0.3) is 0 Å². The van der Waals surface area contributed by atoms with Crippen LogP contribution in [0, 0.1) is 6.92 Å². The van der Waals surface area contributed by atoms with Crippen LogP contribution < -0.4 is 5.32 Å². The van der Waals surface area contributed by atoms with Gasteiger partial charge in [-0.2, -0.15) is 0 Å². The van der Waals surface area contributed by atoms with Crippen molar-refractivity contribution in [3.63, 3.8) is 0 Å². The minimum atomic E-state index is 0.725. The maximum atomic E-state index is 6.25. The number of thiazole rings is 1. The Bertz CT molecular complexity index is 807. The first-order chi connectivity index (χ1) is 10.6. The maximum absolute atomic E-state index is 6.25. The molecule has 0 amide bonds. The Hall–Kier alpha value is -1.08. The molecule has 0 saturated heterocycles. The number of hydrogen-bond donors (Lipinski definition) is 1. The molecule has 3 rings (SSSR count). The van der Waals surface area contributed by atoms with Crippen molar-refractivity contribution in [1.29, 1.82) is 0 Å². The van der Waals surface area contributed by atoms with Crippen molar-refractivity contribution < 1.29 is 0 Å². The van der Waals surface area contributed by atoms with Crippen molar-refractivity contribution in [2.75, 3.05) is 5.32 Å².